The van der Waals surface area contributed by atoms with E-state index in [2.05, 4.69) is 0 Å². The summed E-state index contributed by atoms with van der Waals surface area (Å²) in [6, 6.07) is 3.25. The van der Waals surface area contributed by atoms with Crippen molar-refractivity contribution in [1.29, 1.82) is 5.26 Å². The Labute approximate surface area is 83.9 Å². The third-order valence-electron chi connectivity index (χ3n) is 2.00. The summed E-state index contributed by atoms with van der Waals surface area (Å²) in [5, 5.41) is 8.37. The lowest BCUT2D eigenvalue weighted by Crippen LogP contribution is -2.09. The lowest BCUT2D eigenvalue weighted by atomic mass is 10.0. The molecule has 0 spiro atoms. The lowest BCUT2D eigenvalue weighted by molar-refractivity contribution is -0.140. The second-order valence-corrected chi connectivity index (χ2v) is 3.09. The van der Waals surface area contributed by atoms with E-state index < -0.39 is 17.6 Å². The Morgan fingerprint density at radius 1 is 1.33 bits per heavy atom. The van der Waals surface area contributed by atoms with Crippen molar-refractivity contribution in [3.63, 3.8) is 0 Å². The third-order valence-corrected chi connectivity index (χ3v) is 2.00. The molecule has 0 N–H and O–H groups in total. The molecule has 80 valence electrons. The summed E-state index contributed by atoms with van der Waals surface area (Å²) in [4.78, 5) is 0. The normalized spacial score (nSPS) is 11.2. The van der Waals surface area contributed by atoms with Crippen LogP contribution in [0.1, 0.15) is 16.7 Å². The van der Waals surface area contributed by atoms with Crippen molar-refractivity contribution in [1.82, 2.24) is 0 Å². The molecule has 0 aliphatic carbocycles. The fraction of sp³-hybridized carbons (Fsp3) is 0.300. The molecule has 0 aliphatic rings. The zero-order valence-electron chi connectivity index (χ0n) is 7.82. The summed E-state index contributed by atoms with van der Waals surface area (Å²) in [5.41, 5.74) is -0.741. The van der Waals surface area contributed by atoms with Crippen molar-refractivity contribution in [2.45, 2.75) is 19.5 Å². The molecule has 0 atom stereocenters. The second-order valence-electron chi connectivity index (χ2n) is 3.09. The van der Waals surface area contributed by atoms with Crippen LogP contribution in [0.2, 0.25) is 0 Å². The first-order valence-corrected chi connectivity index (χ1v) is 4.09. The van der Waals surface area contributed by atoms with Gasteiger partial charge >= 0.3 is 6.18 Å². The van der Waals surface area contributed by atoms with Gasteiger partial charge in [-0.1, -0.05) is 0 Å². The first kappa shape index (κ1) is 11.5. The predicted octanol–water partition coefficient (Wildman–Crippen LogP) is 3.22. The highest BCUT2D eigenvalue weighted by Gasteiger charge is 2.34. The standard InChI is InChI=1S/C10H7F4N/c1-6-4-8(10(12,13)14)9(11)5-7(6)2-3-15/h4-5H,2H2,1H3. The number of aryl methyl sites for hydroxylation is 1. The summed E-state index contributed by atoms with van der Waals surface area (Å²) in [6.45, 7) is 1.42. The topological polar surface area (TPSA) is 23.8 Å². The van der Waals surface area contributed by atoms with Crippen LogP contribution in [0.15, 0.2) is 12.1 Å². The fourth-order valence-corrected chi connectivity index (χ4v) is 1.22. The number of rotatable bonds is 1. The first-order valence-electron chi connectivity index (χ1n) is 4.09. The van der Waals surface area contributed by atoms with Gasteiger partial charge in [0.05, 0.1) is 18.1 Å². The van der Waals surface area contributed by atoms with Crippen LogP contribution in [0.25, 0.3) is 0 Å². The maximum absolute atomic E-state index is 13.0. The van der Waals surface area contributed by atoms with Gasteiger partial charge in [0.2, 0.25) is 0 Å². The summed E-state index contributed by atoms with van der Waals surface area (Å²) < 4.78 is 49.7. The van der Waals surface area contributed by atoms with Crippen LogP contribution < -0.4 is 0 Å². The maximum atomic E-state index is 13.0. The molecule has 5 heteroatoms. The summed E-state index contributed by atoms with van der Waals surface area (Å²) in [5.74, 6) is -1.33. The predicted molar refractivity (Wildman–Crippen MR) is 45.5 cm³/mol. The molecule has 0 saturated heterocycles. The van der Waals surface area contributed by atoms with E-state index in [4.69, 9.17) is 5.26 Å². The quantitative estimate of drug-likeness (QED) is 0.662. The van der Waals surface area contributed by atoms with Crippen LogP contribution >= 0.6 is 0 Å². The number of hydrogen-bond donors (Lipinski definition) is 0. The van der Waals surface area contributed by atoms with E-state index in [0.29, 0.717) is 0 Å². The Morgan fingerprint density at radius 2 is 1.93 bits per heavy atom. The number of hydrogen-bond acceptors (Lipinski definition) is 1. The van der Waals surface area contributed by atoms with Gasteiger partial charge in [-0.25, -0.2) is 4.39 Å². The Morgan fingerprint density at radius 3 is 2.40 bits per heavy atom. The minimum atomic E-state index is -4.69. The van der Waals surface area contributed by atoms with Gasteiger partial charge in [-0.2, -0.15) is 18.4 Å². The summed E-state index contributed by atoms with van der Waals surface area (Å²) >= 11 is 0. The Balaban J connectivity index is 3.27. The lowest BCUT2D eigenvalue weighted by Gasteiger charge is -2.10. The summed E-state index contributed by atoms with van der Waals surface area (Å²) in [7, 11) is 0. The molecular weight excluding hydrogens is 210 g/mol. The van der Waals surface area contributed by atoms with Crippen LogP contribution in [-0.2, 0) is 12.6 Å². The van der Waals surface area contributed by atoms with Crippen molar-refractivity contribution < 1.29 is 17.6 Å². The molecule has 0 saturated carbocycles. The van der Waals surface area contributed by atoms with E-state index in [0.717, 1.165) is 12.1 Å². The molecule has 1 aromatic carbocycles. The van der Waals surface area contributed by atoms with Gasteiger partial charge in [0.1, 0.15) is 5.82 Å². The van der Waals surface area contributed by atoms with Crippen LogP contribution in [-0.4, -0.2) is 0 Å². The van der Waals surface area contributed by atoms with Crippen LogP contribution in [0, 0.1) is 24.1 Å². The molecule has 0 fully saturated rings. The largest absolute Gasteiger partial charge is 0.419 e. The van der Waals surface area contributed by atoms with Gasteiger partial charge in [-0.15, -0.1) is 0 Å². The zero-order chi connectivity index (χ0) is 11.6. The molecule has 0 unspecified atom stereocenters. The van der Waals surface area contributed by atoms with Crippen LogP contribution in [0.4, 0.5) is 17.6 Å². The monoisotopic (exact) mass is 217 g/mol. The van der Waals surface area contributed by atoms with Crippen molar-refractivity contribution in [2.75, 3.05) is 0 Å². The van der Waals surface area contributed by atoms with E-state index in [1.807, 2.05) is 0 Å². The molecule has 0 amide bonds. The molecule has 1 nitrogen and oxygen atoms in total. The number of benzene rings is 1. The highest BCUT2D eigenvalue weighted by Crippen LogP contribution is 2.32. The van der Waals surface area contributed by atoms with Crippen molar-refractivity contribution in [3.05, 3.63) is 34.6 Å². The summed E-state index contributed by atoms with van der Waals surface area (Å²) in [6.07, 6.45) is -4.79. The Bertz CT molecular complexity index is 415. The maximum Gasteiger partial charge on any atom is 0.419 e. The van der Waals surface area contributed by atoms with E-state index >= 15 is 0 Å². The average molecular weight is 217 g/mol. The molecule has 0 aromatic heterocycles. The molecular formula is C10H7F4N. The SMILES string of the molecule is Cc1cc(C(F)(F)F)c(F)cc1CC#N. The van der Waals surface area contributed by atoms with Gasteiger partial charge in [0.25, 0.3) is 0 Å². The van der Waals surface area contributed by atoms with Gasteiger partial charge in [0, 0.05) is 0 Å². The van der Waals surface area contributed by atoms with Gasteiger partial charge < -0.3 is 0 Å². The Kier molecular flexibility index (Phi) is 2.98. The van der Waals surface area contributed by atoms with Gasteiger partial charge in [-0.3, -0.25) is 0 Å². The molecule has 1 rings (SSSR count). The third kappa shape index (κ3) is 2.46. The van der Waals surface area contributed by atoms with Gasteiger partial charge in [-0.05, 0) is 30.2 Å². The van der Waals surface area contributed by atoms with Crippen LogP contribution in [0.3, 0.4) is 0 Å². The van der Waals surface area contributed by atoms with E-state index in [1.165, 1.54) is 6.92 Å². The minimum Gasteiger partial charge on any atom is -0.206 e. The number of nitriles is 1. The van der Waals surface area contributed by atoms with Gasteiger partial charge in [0.15, 0.2) is 0 Å². The highest BCUT2D eigenvalue weighted by molar-refractivity contribution is 5.35. The average Bonchev–Trinajstić information content (AvgIpc) is 2.09. The number of alkyl halides is 3. The highest BCUT2D eigenvalue weighted by atomic mass is 19.4. The van der Waals surface area contributed by atoms with Crippen molar-refractivity contribution >= 4 is 0 Å². The van der Waals surface area contributed by atoms with E-state index in [1.54, 1.807) is 6.07 Å². The first-order chi connectivity index (χ1) is 6.86. The molecule has 0 heterocycles. The van der Waals surface area contributed by atoms with Crippen molar-refractivity contribution in [3.8, 4) is 6.07 Å². The molecule has 0 aliphatic heterocycles. The van der Waals surface area contributed by atoms with E-state index in [-0.39, 0.29) is 17.5 Å². The molecule has 0 radical (unpaired) electrons. The molecule has 15 heavy (non-hydrogen) atoms. The smallest absolute Gasteiger partial charge is 0.206 e. The number of halogens is 4. The van der Waals surface area contributed by atoms with Crippen LogP contribution in [0.5, 0.6) is 0 Å². The molecule has 1 aromatic rings. The minimum absolute atomic E-state index is 0.0963. The fourth-order valence-electron chi connectivity index (χ4n) is 1.22. The van der Waals surface area contributed by atoms with Crippen molar-refractivity contribution in [2.24, 2.45) is 0 Å². The van der Waals surface area contributed by atoms with E-state index in [9.17, 15) is 17.6 Å². The second kappa shape index (κ2) is 3.89. The Hall–Kier alpha value is -1.57. The molecule has 0 bridgehead atoms. The number of nitrogens with zero attached hydrogens (tertiary/aromatic N) is 1. The zero-order valence-corrected chi connectivity index (χ0v) is 7.82.